The highest BCUT2D eigenvalue weighted by atomic mass is 15.3. The average Bonchev–Trinajstić information content (AvgIpc) is 2.91. The zero-order chi connectivity index (χ0) is 16.2. The van der Waals surface area contributed by atoms with Crippen molar-refractivity contribution in [3.05, 3.63) is 24.2 Å². The Morgan fingerprint density at radius 3 is 2.83 bits per heavy atom. The normalized spacial score (nSPS) is 16.7. The summed E-state index contributed by atoms with van der Waals surface area (Å²) < 4.78 is 2.00. The van der Waals surface area contributed by atoms with Gasteiger partial charge in [0.05, 0.1) is 11.4 Å². The lowest BCUT2D eigenvalue weighted by molar-refractivity contribution is 0.263. The summed E-state index contributed by atoms with van der Waals surface area (Å²) in [5.74, 6) is 0.722. The van der Waals surface area contributed by atoms with Gasteiger partial charge in [0, 0.05) is 30.5 Å². The van der Waals surface area contributed by atoms with E-state index >= 15 is 0 Å². The molecule has 0 saturated carbocycles. The maximum absolute atomic E-state index is 4.70. The van der Waals surface area contributed by atoms with Gasteiger partial charge < -0.3 is 10.2 Å². The van der Waals surface area contributed by atoms with E-state index in [1.807, 2.05) is 23.9 Å². The highest BCUT2D eigenvalue weighted by Crippen LogP contribution is 2.22. The van der Waals surface area contributed by atoms with Crippen molar-refractivity contribution in [1.82, 2.24) is 24.6 Å². The predicted octanol–water partition coefficient (Wildman–Crippen LogP) is 2.56. The van der Waals surface area contributed by atoms with Crippen LogP contribution in [0.1, 0.15) is 31.9 Å². The third kappa shape index (κ3) is 3.88. The Morgan fingerprint density at radius 1 is 1.30 bits per heavy atom. The molecule has 0 bridgehead atoms. The van der Waals surface area contributed by atoms with Crippen LogP contribution in [-0.4, -0.2) is 50.8 Å². The fraction of sp³-hybridized carbons (Fsp3) is 0.588. The minimum absolute atomic E-state index is 0.463. The zero-order valence-electron chi connectivity index (χ0n) is 14.3. The molecule has 1 saturated heterocycles. The Kier molecular flexibility index (Phi) is 4.91. The molecule has 1 aliphatic heterocycles. The molecular weight excluding hydrogens is 288 g/mol. The minimum Gasteiger partial charge on any atom is -0.351 e. The first-order valence-corrected chi connectivity index (χ1v) is 8.48. The number of aryl methyl sites for hydroxylation is 2. The van der Waals surface area contributed by atoms with Crippen LogP contribution in [0.25, 0.3) is 11.3 Å². The number of nitrogens with one attached hydrogen (secondary N) is 1. The van der Waals surface area contributed by atoms with E-state index in [4.69, 9.17) is 4.98 Å². The summed E-state index contributed by atoms with van der Waals surface area (Å²) >= 11 is 0. The number of aromatic nitrogens is 4. The van der Waals surface area contributed by atoms with Crippen molar-refractivity contribution in [1.29, 1.82) is 0 Å². The lowest BCUT2D eigenvalue weighted by Gasteiger charge is -2.29. The first-order chi connectivity index (χ1) is 11.2. The average molecular weight is 314 g/mol. The first kappa shape index (κ1) is 15.9. The summed E-state index contributed by atoms with van der Waals surface area (Å²) in [5.41, 5.74) is 3.05. The molecule has 6 nitrogen and oxygen atoms in total. The van der Waals surface area contributed by atoms with Gasteiger partial charge in [-0.25, -0.2) is 9.97 Å². The van der Waals surface area contributed by atoms with Crippen LogP contribution < -0.4 is 5.32 Å². The molecule has 2 aromatic rings. The largest absolute Gasteiger partial charge is 0.351 e. The van der Waals surface area contributed by atoms with Gasteiger partial charge >= 0.3 is 0 Å². The standard InChI is InChI=1S/C17H26N6/c1-4-9-23-12-15(13(2)21-23)16-5-8-18-17(20-16)19-14-6-10-22(3)11-7-14/h5,8,12,14H,4,6-7,9-11H2,1-3H3,(H,18,19,20). The van der Waals surface area contributed by atoms with Gasteiger partial charge in [-0.15, -0.1) is 0 Å². The Balaban J connectivity index is 1.74. The van der Waals surface area contributed by atoms with Gasteiger partial charge in [0.1, 0.15) is 0 Å². The van der Waals surface area contributed by atoms with Gasteiger partial charge in [0.15, 0.2) is 0 Å². The van der Waals surface area contributed by atoms with Crippen LogP contribution in [0, 0.1) is 6.92 Å². The second-order valence-corrected chi connectivity index (χ2v) is 6.38. The monoisotopic (exact) mass is 314 g/mol. The molecule has 0 unspecified atom stereocenters. The summed E-state index contributed by atoms with van der Waals surface area (Å²) in [6.07, 6.45) is 7.26. The van der Waals surface area contributed by atoms with Crippen molar-refractivity contribution in [2.75, 3.05) is 25.5 Å². The Bertz CT molecular complexity index is 642. The number of likely N-dealkylation sites (tertiary alicyclic amines) is 1. The van der Waals surface area contributed by atoms with Crippen LogP contribution in [0.4, 0.5) is 5.95 Å². The van der Waals surface area contributed by atoms with Crippen LogP contribution in [0.3, 0.4) is 0 Å². The molecule has 1 fully saturated rings. The topological polar surface area (TPSA) is 58.9 Å². The van der Waals surface area contributed by atoms with E-state index in [2.05, 4.69) is 40.5 Å². The number of anilines is 1. The van der Waals surface area contributed by atoms with Gasteiger partial charge in [-0.05, 0) is 52.4 Å². The number of nitrogens with zero attached hydrogens (tertiary/aromatic N) is 5. The number of rotatable bonds is 5. The molecule has 0 spiro atoms. The molecule has 0 aromatic carbocycles. The van der Waals surface area contributed by atoms with E-state index in [0.29, 0.717) is 6.04 Å². The lowest BCUT2D eigenvalue weighted by Crippen LogP contribution is -2.37. The molecule has 3 heterocycles. The molecule has 0 radical (unpaired) electrons. The highest BCUT2D eigenvalue weighted by Gasteiger charge is 2.17. The second kappa shape index (κ2) is 7.08. The number of piperidine rings is 1. The molecule has 1 aliphatic rings. The van der Waals surface area contributed by atoms with Crippen LogP contribution in [0.2, 0.25) is 0 Å². The van der Waals surface area contributed by atoms with Crippen LogP contribution >= 0.6 is 0 Å². The van der Waals surface area contributed by atoms with Gasteiger partial charge in [0.25, 0.3) is 0 Å². The van der Waals surface area contributed by atoms with Crippen LogP contribution in [0.5, 0.6) is 0 Å². The lowest BCUT2D eigenvalue weighted by atomic mass is 10.1. The summed E-state index contributed by atoms with van der Waals surface area (Å²) in [6, 6.07) is 2.42. The molecular formula is C17H26N6. The summed E-state index contributed by atoms with van der Waals surface area (Å²) in [7, 11) is 2.17. The van der Waals surface area contributed by atoms with Crippen molar-refractivity contribution in [3.63, 3.8) is 0 Å². The zero-order valence-corrected chi connectivity index (χ0v) is 14.3. The molecule has 1 N–H and O–H groups in total. The smallest absolute Gasteiger partial charge is 0.223 e. The van der Waals surface area contributed by atoms with E-state index in [-0.39, 0.29) is 0 Å². The van der Waals surface area contributed by atoms with Gasteiger partial charge in [-0.1, -0.05) is 6.92 Å². The third-order valence-corrected chi connectivity index (χ3v) is 4.38. The van der Waals surface area contributed by atoms with Gasteiger partial charge in [0.2, 0.25) is 5.95 Å². The number of hydrogen-bond acceptors (Lipinski definition) is 5. The molecule has 3 rings (SSSR count). The van der Waals surface area contributed by atoms with Crippen molar-refractivity contribution >= 4 is 5.95 Å². The first-order valence-electron chi connectivity index (χ1n) is 8.48. The van der Waals surface area contributed by atoms with Crippen LogP contribution in [0.15, 0.2) is 18.5 Å². The molecule has 124 valence electrons. The van der Waals surface area contributed by atoms with E-state index in [1.165, 1.54) is 0 Å². The summed E-state index contributed by atoms with van der Waals surface area (Å²) in [6.45, 7) is 7.38. The minimum atomic E-state index is 0.463. The Morgan fingerprint density at radius 2 is 2.09 bits per heavy atom. The molecule has 0 amide bonds. The molecule has 6 heteroatoms. The van der Waals surface area contributed by atoms with Gasteiger partial charge in [-0.2, -0.15) is 5.10 Å². The summed E-state index contributed by atoms with van der Waals surface area (Å²) in [5, 5.41) is 8.05. The van der Waals surface area contributed by atoms with Crippen molar-refractivity contribution < 1.29 is 0 Å². The van der Waals surface area contributed by atoms with Crippen molar-refractivity contribution in [2.24, 2.45) is 0 Å². The fourth-order valence-electron chi connectivity index (χ4n) is 3.03. The quantitative estimate of drug-likeness (QED) is 0.919. The Labute approximate surface area is 137 Å². The highest BCUT2D eigenvalue weighted by molar-refractivity contribution is 5.61. The molecule has 2 aromatic heterocycles. The predicted molar refractivity (Wildman–Crippen MR) is 92.4 cm³/mol. The van der Waals surface area contributed by atoms with E-state index < -0.39 is 0 Å². The third-order valence-electron chi connectivity index (χ3n) is 4.38. The maximum Gasteiger partial charge on any atom is 0.223 e. The fourth-order valence-corrected chi connectivity index (χ4v) is 3.03. The molecule has 23 heavy (non-hydrogen) atoms. The Hall–Kier alpha value is -1.95. The number of hydrogen-bond donors (Lipinski definition) is 1. The van der Waals surface area contributed by atoms with Gasteiger partial charge in [-0.3, -0.25) is 4.68 Å². The molecule has 0 aliphatic carbocycles. The summed E-state index contributed by atoms with van der Waals surface area (Å²) in [4.78, 5) is 11.5. The second-order valence-electron chi connectivity index (χ2n) is 6.38. The van der Waals surface area contributed by atoms with E-state index in [1.54, 1.807) is 0 Å². The van der Waals surface area contributed by atoms with E-state index in [0.717, 1.165) is 61.8 Å². The van der Waals surface area contributed by atoms with E-state index in [9.17, 15) is 0 Å². The van der Waals surface area contributed by atoms with Crippen LogP contribution in [-0.2, 0) is 6.54 Å². The van der Waals surface area contributed by atoms with Crippen molar-refractivity contribution in [2.45, 2.75) is 45.7 Å². The van der Waals surface area contributed by atoms with Crippen molar-refractivity contribution in [3.8, 4) is 11.3 Å². The molecule has 0 atom stereocenters. The SMILES string of the molecule is CCCn1cc(-c2ccnc(NC3CCN(C)CC3)n2)c(C)n1. The maximum atomic E-state index is 4.70.